The van der Waals surface area contributed by atoms with Crippen molar-refractivity contribution in [2.24, 2.45) is 0 Å². The molecule has 1 aromatic carbocycles. The van der Waals surface area contributed by atoms with Gasteiger partial charge in [0.2, 0.25) is 5.79 Å². The van der Waals surface area contributed by atoms with Crippen molar-refractivity contribution in [3.63, 3.8) is 0 Å². The average Bonchev–Trinajstić information content (AvgIpc) is 3.03. The van der Waals surface area contributed by atoms with E-state index < -0.39 is 11.4 Å². The molecule has 1 N–H and O–H groups in total. The zero-order chi connectivity index (χ0) is 16.9. The summed E-state index contributed by atoms with van der Waals surface area (Å²) >= 11 is 0. The molecule has 5 heteroatoms. The monoisotopic (exact) mass is 345 g/mol. The number of aliphatic hydroxyl groups is 1. The lowest BCUT2D eigenvalue weighted by Crippen LogP contribution is -2.54. The van der Waals surface area contributed by atoms with Crippen LogP contribution in [-0.2, 0) is 21.7 Å². The lowest BCUT2D eigenvalue weighted by molar-refractivity contribution is -0.231. The molecule has 4 aliphatic rings. The molecule has 1 unspecified atom stereocenters. The van der Waals surface area contributed by atoms with Crippen LogP contribution in [0, 0.1) is 0 Å². The van der Waals surface area contributed by atoms with E-state index in [2.05, 4.69) is 4.90 Å². The summed E-state index contributed by atoms with van der Waals surface area (Å²) in [6.45, 7) is 3.67. The molecule has 2 saturated heterocycles. The Balaban J connectivity index is 1.30. The van der Waals surface area contributed by atoms with E-state index in [0.717, 1.165) is 48.8 Å². The Hall–Kier alpha value is -1.14. The zero-order valence-corrected chi connectivity index (χ0v) is 14.7. The normalized spacial score (nSPS) is 32.2. The van der Waals surface area contributed by atoms with Crippen LogP contribution in [0.25, 0.3) is 0 Å². The van der Waals surface area contributed by atoms with Crippen LogP contribution in [0.2, 0.25) is 0 Å². The molecule has 0 radical (unpaired) electrons. The summed E-state index contributed by atoms with van der Waals surface area (Å²) in [5, 5.41) is 10.7. The van der Waals surface area contributed by atoms with Crippen LogP contribution >= 0.6 is 0 Å². The SMILES string of the molecule is OC1(c2ccc3c(c2)COC2(CCN(C4CCC4)CC2)O3)CCOC1. The largest absolute Gasteiger partial charge is 0.462 e. The minimum absolute atomic E-state index is 0.369. The second-order valence-electron chi connectivity index (χ2n) is 8.08. The first-order valence-electron chi connectivity index (χ1n) is 9.66. The van der Waals surface area contributed by atoms with Crippen LogP contribution in [0.1, 0.15) is 49.7 Å². The number of hydrogen-bond acceptors (Lipinski definition) is 5. The van der Waals surface area contributed by atoms with E-state index in [1.165, 1.54) is 19.3 Å². The highest BCUT2D eigenvalue weighted by Gasteiger charge is 2.43. The summed E-state index contributed by atoms with van der Waals surface area (Å²) in [6, 6.07) is 6.81. The lowest BCUT2D eigenvalue weighted by Gasteiger charge is -2.47. The topological polar surface area (TPSA) is 51.2 Å². The van der Waals surface area contributed by atoms with Gasteiger partial charge < -0.3 is 19.3 Å². The van der Waals surface area contributed by atoms with Gasteiger partial charge in [-0.25, -0.2) is 0 Å². The van der Waals surface area contributed by atoms with Crippen molar-refractivity contribution in [1.29, 1.82) is 0 Å². The van der Waals surface area contributed by atoms with Crippen LogP contribution in [0.4, 0.5) is 0 Å². The van der Waals surface area contributed by atoms with E-state index in [9.17, 15) is 5.11 Å². The summed E-state index contributed by atoms with van der Waals surface area (Å²) in [6.07, 6.45) is 6.60. The molecule has 0 aromatic heterocycles. The number of hydrogen-bond donors (Lipinski definition) is 1. The van der Waals surface area contributed by atoms with Gasteiger partial charge in [0.15, 0.2) is 0 Å². The van der Waals surface area contributed by atoms with Crippen molar-refractivity contribution in [3.05, 3.63) is 29.3 Å². The van der Waals surface area contributed by atoms with E-state index in [0.29, 0.717) is 26.2 Å². The molecule has 0 bridgehead atoms. The Labute approximate surface area is 148 Å². The summed E-state index contributed by atoms with van der Waals surface area (Å²) in [7, 11) is 0. The van der Waals surface area contributed by atoms with Gasteiger partial charge in [0.05, 0.1) is 13.2 Å². The van der Waals surface area contributed by atoms with E-state index >= 15 is 0 Å². The highest BCUT2D eigenvalue weighted by molar-refractivity contribution is 5.40. The minimum atomic E-state index is -0.863. The third kappa shape index (κ3) is 2.78. The smallest absolute Gasteiger partial charge is 0.213 e. The van der Waals surface area contributed by atoms with Gasteiger partial charge in [-0.2, -0.15) is 0 Å². The molecule has 1 aliphatic carbocycles. The van der Waals surface area contributed by atoms with Gasteiger partial charge >= 0.3 is 0 Å². The molecule has 1 saturated carbocycles. The Bertz CT molecular complexity index is 643. The van der Waals surface area contributed by atoms with Gasteiger partial charge in [0, 0.05) is 50.6 Å². The Morgan fingerprint density at radius 3 is 2.64 bits per heavy atom. The van der Waals surface area contributed by atoms with Gasteiger partial charge in [-0.3, -0.25) is 4.90 Å². The fourth-order valence-electron chi connectivity index (χ4n) is 4.53. The van der Waals surface area contributed by atoms with Crippen LogP contribution < -0.4 is 4.74 Å². The van der Waals surface area contributed by atoms with E-state index in [1.807, 2.05) is 18.2 Å². The Kier molecular flexibility index (Phi) is 3.82. The average molecular weight is 345 g/mol. The molecule has 25 heavy (non-hydrogen) atoms. The first-order valence-corrected chi connectivity index (χ1v) is 9.66. The van der Waals surface area contributed by atoms with E-state index in [-0.39, 0.29) is 0 Å². The fraction of sp³-hybridized carbons (Fsp3) is 0.700. The molecule has 5 nitrogen and oxygen atoms in total. The van der Waals surface area contributed by atoms with Gasteiger partial charge in [-0.05, 0) is 30.5 Å². The molecule has 3 heterocycles. The number of likely N-dealkylation sites (tertiary alicyclic amines) is 1. The molecule has 3 aliphatic heterocycles. The number of nitrogens with zero attached hydrogens (tertiary/aromatic N) is 1. The maximum Gasteiger partial charge on any atom is 0.213 e. The van der Waals surface area contributed by atoms with Crippen molar-refractivity contribution >= 4 is 0 Å². The van der Waals surface area contributed by atoms with Crippen molar-refractivity contribution in [3.8, 4) is 5.75 Å². The van der Waals surface area contributed by atoms with E-state index in [1.54, 1.807) is 0 Å². The Morgan fingerprint density at radius 1 is 1.12 bits per heavy atom. The third-order valence-electron chi connectivity index (χ3n) is 6.54. The minimum Gasteiger partial charge on any atom is -0.462 e. The standard InChI is InChI=1S/C20H27NO4/c22-19(8-11-23-14-19)16-4-5-18-15(12-16)13-24-20(25-18)6-9-21(10-7-20)17-2-1-3-17/h4-5,12,17,22H,1-3,6-11,13-14H2. The van der Waals surface area contributed by atoms with Gasteiger partial charge in [-0.15, -0.1) is 0 Å². The molecule has 5 rings (SSSR count). The summed E-state index contributed by atoms with van der Waals surface area (Å²) in [5.41, 5.74) is 1.08. The zero-order valence-electron chi connectivity index (χ0n) is 14.7. The maximum absolute atomic E-state index is 10.7. The van der Waals surface area contributed by atoms with Crippen molar-refractivity contribution in [1.82, 2.24) is 4.90 Å². The highest BCUT2D eigenvalue weighted by Crippen LogP contribution is 2.41. The van der Waals surface area contributed by atoms with Crippen LogP contribution in [0.15, 0.2) is 18.2 Å². The number of rotatable bonds is 2. The molecule has 1 atom stereocenters. The first kappa shape index (κ1) is 16.1. The predicted molar refractivity (Wildman–Crippen MR) is 92.4 cm³/mol. The van der Waals surface area contributed by atoms with Gasteiger partial charge in [0.25, 0.3) is 0 Å². The molecule has 136 valence electrons. The molecular formula is C20H27NO4. The molecule has 1 aromatic rings. The number of benzene rings is 1. The summed E-state index contributed by atoms with van der Waals surface area (Å²) in [5.74, 6) is 0.455. The molecule has 3 fully saturated rings. The summed E-state index contributed by atoms with van der Waals surface area (Å²) in [4.78, 5) is 2.61. The summed E-state index contributed by atoms with van der Waals surface area (Å²) < 4.78 is 17.9. The number of ether oxygens (including phenoxy) is 3. The fourth-order valence-corrected chi connectivity index (χ4v) is 4.53. The van der Waals surface area contributed by atoms with Crippen LogP contribution in [0.3, 0.4) is 0 Å². The molecule has 0 amide bonds. The predicted octanol–water partition coefficient (Wildman–Crippen LogP) is 2.55. The molecule has 1 spiro atoms. The van der Waals surface area contributed by atoms with Crippen molar-refractivity contribution in [2.75, 3.05) is 26.3 Å². The first-order chi connectivity index (χ1) is 12.2. The Morgan fingerprint density at radius 2 is 1.96 bits per heavy atom. The van der Waals surface area contributed by atoms with Crippen LogP contribution in [0.5, 0.6) is 5.75 Å². The van der Waals surface area contributed by atoms with Crippen LogP contribution in [-0.4, -0.2) is 48.1 Å². The van der Waals surface area contributed by atoms with E-state index in [4.69, 9.17) is 14.2 Å². The maximum atomic E-state index is 10.7. The second-order valence-corrected chi connectivity index (χ2v) is 8.08. The van der Waals surface area contributed by atoms with Crippen molar-refractivity contribution in [2.45, 2.75) is 62.6 Å². The lowest BCUT2D eigenvalue weighted by atomic mass is 9.88. The molecular weight excluding hydrogens is 318 g/mol. The van der Waals surface area contributed by atoms with Gasteiger partial charge in [0.1, 0.15) is 11.4 Å². The quantitative estimate of drug-likeness (QED) is 0.893. The van der Waals surface area contributed by atoms with Crippen molar-refractivity contribution < 1.29 is 19.3 Å². The van der Waals surface area contributed by atoms with Gasteiger partial charge in [-0.1, -0.05) is 12.5 Å². The third-order valence-corrected chi connectivity index (χ3v) is 6.54. The highest BCUT2D eigenvalue weighted by atomic mass is 16.7. The number of fused-ring (bicyclic) bond motifs is 1. The number of piperidine rings is 1. The second kappa shape index (κ2) is 5.95.